The molecule has 0 spiro atoms. The van der Waals surface area contributed by atoms with Crippen molar-refractivity contribution in [3.05, 3.63) is 58.7 Å². The molecule has 138 valence electrons. The Balaban J connectivity index is 1.73. The van der Waals surface area contributed by atoms with Crippen molar-refractivity contribution >= 4 is 5.91 Å². The lowest BCUT2D eigenvalue weighted by Crippen LogP contribution is -2.26. The van der Waals surface area contributed by atoms with Gasteiger partial charge in [-0.15, -0.1) is 0 Å². The molecule has 0 heterocycles. The first kappa shape index (κ1) is 18.3. The molecule has 0 unspecified atom stereocenters. The summed E-state index contributed by atoms with van der Waals surface area (Å²) in [6, 6.07) is 11.8. The summed E-state index contributed by atoms with van der Waals surface area (Å²) >= 11 is 0. The molecule has 0 fully saturated rings. The molecule has 0 aliphatic heterocycles. The summed E-state index contributed by atoms with van der Waals surface area (Å²) in [4.78, 5) is 12.6. The minimum atomic E-state index is -0.120. The number of rotatable bonds is 7. The predicted octanol–water partition coefficient (Wildman–Crippen LogP) is 4.46. The van der Waals surface area contributed by atoms with E-state index in [1.54, 1.807) is 0 Å². The molecule has 4 heteroatoms. The second-order valence-electron chi connectivity index (χ2n) is 6.60. The molecule has 2 aromatic carbocycles. The van der Waals surface area contributed by atoms with Crippen LogP contribution < -0.4 is 14.8 Å². The van der Waals surface area contributed by atoms with E-state index in [2.05, 4.69) is 11.4 Å². The quantitative estimate of drug-likeness (QED) is 0.799. The van der Waals surface area contributed by atoms with Gasteiger partial charge in [0.15, 0.2) is 11.5 Å². The van der Waals surface area contributed by atoms with Crippen LogP contribution in [0.4, 0.5) is 0 Å². The highest BCUT2D eigenvalue weighted by molar-refractivity contribution is 5.94. The first-order valence-corrected chi connectivity index (χ1v) is 9.44. The molecule has 4 nitrogen and oxygen atoms in total. The van der Waals surface area contributed by atoms with Gasteiger partial charge in [-0.2, -0.15) is 0 Å². The standard InChI is InChI=1S/C22H27NO3/c1-4-25-20-12-11-17(14-21(20)26-5-2)15(3)23-22(24)19-10-9-16-7-6-8-18(16)13-19/h9-15H,4-8H2,1-3H3,(H,23,24)/t15-/m0/s1. The zero-order valence-electron chi connectivity index (χ0n) is 15.8. The van der Waals surface area contributed by atoms with Crippen LogP contribution in [0.15, 0.2) is 36.4 Å². The van der Waals surface area contributed by atoms with Crippen LogP contribution in [0.25, 0.3) is 0 Å². The van der Waals surface area contributed by atoms with Crippen molar-refractivity contribution in [1.82, 2.24) is 5.32 Å². The number of ether oxygens (including phenoxy) is 2. The van der Waals surface area contributed by atoms with Gasteiger partial charge in [-0.1, -0.05) is 12.1 Å². The van der Waals surface area contributed by atoms with E-state index in [0.717, 1.165) is 29.7 Å². The van der Waals surface area contributed by atoms with E-state index < -0.39 is 0 Å². The monoisotopic (exact) mass is 353 g/mol. The summed E-state index contributed by atoms with van der Waals surface area (Å²) in [7, 11) is 0. The fraction of sp³-hybridized carbons (Fsp3) is 0.409. The Morgan fingerprint density at radius 3 is 2.50 bits per heavy atom. The first-order chi connectivity index (χ1) is 12.6. The number of hydrogen-bond donors (Lipinski definition) is 1. The Kier molecular flexibility index (Phi) is 5.82. The SMILES string of the molecule is CCOc1ccc([C@H](C)NC(=O)c2ccc3c(c2)CCC3)cc1OCC. The first-order valence-electron chi connectivity index (χ1n) is 9.44. The smallest absolute Gasteiger partial charge is 0.251 e. The summed E-state index contributed by atoms with van der Waals surface area (Å²) in [5, 5.41) is 3.09. The van der Waals surface area contributed by atoms with Crippen LogP contribution in [0.1, 0.15) is 60.3 Å². The highest BCUT2D eigenvalue weighted by Crippen LogP contribution is 2.31. The van der Waals surface area contributed by atoms with E-state index in [0.29, 0.717) is 19.0 Å². The van der Waals surface area contributed by atoms with Crippen LogP contribution in [0, 0.1) is 0 Å². The van der Waals surface area contributed by atoms with E-state index in [9.17, 15) is 4.79 Å². The lowest BCUT2D eigenvalue weighted by atomic mass is 10.0. The van der Waals surface area contributed by atoms with Gasteiger partial charge in [0.05, 0.1) is 19.3 Å². The van der Waals surface area contributed by atoms with Crippen molar-refractivity contribution in [2.24, 2.45) is 0 Å². The average Bonchev–Trinajstić information content (AvgIpc) is 3.11. The van der Waals surface area contributed by atoms with E-state index >= 15 is 0 Å². The molecule has 1 aliphatic rings. The van der Waals surface area contributed by atoms with Gasteiger partial charge in [0.25, 0.3) is 5.91 Å². The maximum absolute atomic E-state index is 12.6. The number of carbonyl (C=O) groups is 1. The molecule has 3 rings (SSSR count). The Morgan fingerprint density at radius 2 is 1.73 bits per heavy atom. The van der Waals surface area contributed by atoms with Crippen LogP contribution in [0.3, 0.4) is 0 Å². The largest absolute Gasteiger partial charge is 0.490 e. The van der Waals surface area contributed by atoms with Crippen LogP contribution in [-0.4, -0.2) is 19.1 Å². The normalized spacial score (nSPS) is 13.8. The molecule has 1 amide bonds. The molecule has 0 bridgehead atoms. The molecular formula is C22H27NO3. The van der Waals surface area contributed by atoms with Crippen molar-refractivity contribution in [3.8, 4) is 11.5 Å². The second kappa shape index (κ2) is 8.26. The number of hydrogen-bond acceptors (Lipinski definition) is 3. The van der Waals surface area contributed by atoms with Crippen molar-refractivity contribution in [2.75, 3.05) is 13.2 Å². The van der Waals surface area contributed by atoms with Gasteiger partial charge >= 0.3 is 0 Å². The molecule has 0 radical (unpaired) electrons. The van der Waals surface area contributed by atoms with E-state index in [-0.39, 0.29) is 11.9 Å². The van der Waals surface area contributed by atoms with Gasteiger partial charge < -0.3 is 14.8 Å². The van der Waals surface area contributed by atoms with Crippen molar-refractivity contribution in [2.45, 2.75) is 46.1 Å². The van der Waals surface area contributed by atoms with E-state index in [1.807, 2.05) is 51.1 Å². The Hall–Kier alpha value is -2.49. The van der Waals surface area contributed by atoms with Gasteiger partial charge in [-0.05, 0) is 81.0 Å². The van der Waals surface area contributed by atoms with Crippen molar-refractivity contribution in [3.63, 3.8) is 0 Å². The Labute approximate surface area is 155 Å². The van der Waals surface area contributed by atoms with Crippen LogP contribution in [0.5, 0.6) is 11.5 Å². The summed E-state index contributed by atoms with van der Waals surface area (Å²) in [5.74, 6) is 1.40. The van der Waals surface area contributed by atoms with Gasteiger partial charge in [0, 0.05) is 5.56 Å². The second-order valence-corrected chi connectivity index (χ2v) is 6.60. The Bertz CT molecular complexity index is 785. The van der Waals surface area contributed by atoms with Crippen molar-refractivity contribution < 1.29 is 14.3 Å². The minimum absolute atomic E-state index is 0.0426. The van der Waals surface area contributed by atoms with E-state index in [4.69, 9.17) is 9.47 Å². The molecular weight excluding hydrogens is 326 g/mol. The summed E-state index contributed by atoms with van der Waals surface area (Å²) in [5.41, 5.74) is 4.41. The molecule has 1 atom stereocenters. The van der Waals surface area contributed by atoms with Crippen LogP contribution >= 0.6 is 0 Å². The predicted molar refractivity (Wildman–Crippen MR) is 103 cm³/mol. The number of nitrogens with one attached hydrogen (secondary N) is 1. The average molecular weight is 353 g/mol. The highest BCUT2D eigenvalue weighted by Gasteiger charge is 2.17. The van der Waals surface area contributed by atoms with Crippen molar-refractivity contribution in [1.29, 1.82) is 0 Å². The summed E-state index contributed by atoms with van der Waals surface area (Å²) in [6.07, 6.45) is 3.38. The van der Waals surface area contributed by atoms with Gasteiger partial charge in [0.1, 0.15) is 0 Å². The van der Waals surface area contributed by atoms with E-state index in [1.165, 1.54) is 17.5 Å². The van der Waals surface area contributed by atoms with Crippen LogP contribution in [-0.2, 0) is 12.8 Å². The number of fused-ring (bicyclic) bond motifs is 1. The fourth-order valence-corrected chi connectivity index (χ4v) is 3.41. The van der Waals surface area contributed by atoms with Gasteiger partial charge in [-0.25, -0.2) is 0 Å². The molecule has 1 aliphatic carbocycles. The number of carbonyl (C=O) groups excluding carboxylic acids is 1. The van der Waals surface area contributed by atoms with Gasteiger partial charge in [-0.3, -0.25) is 4.79 Å². The number of amides is 1. The number of benzene rings is 2. The minimum Gasteiger partial charge on any atom is -0.490 e. The zero-order chi connectivity index (χ0) is 18.5. The highest BCUT2D eigenvalue weighted by atomic mass is 16.5. The third-order valence-corrected chi connectivity index (χ3v) is 4.78. The Morgan fingerprint density at radius 1 is 1.00 bits per heavy atom. The molecule has 0 saturated carbocycles. The molecule has 0 aromatic heterocycles. The topological polar surface area (TPSA) is 47.6 Å². The summed E-state index contributed by atoms with van der Waals surface area (Å²) in [6.45, 7) is 7.03. The van der Waals surface area contributed by atoms with Crippen LogP contribution in [0.2, 0.25) is 0 Å². The fourth-order valence-electron chi connectivity index (χ4n) is 3.41. The molecule has 2 aromatic rings. The maximum atomic E-state index is 12.6. The molecule has 0 saturated heterocycles. The molecule has 26 heavy (non-hydrogen) atoms. The zero-order valence-corrected chi connectivity index (χ0v) is 15.8. The third kappa shape index (κ3) is 4.01. The lowest BCUT2D eigenvalue weighted by Gasteiger charge is -2.18. The maximum Gasteiger partial charge on any atom is 0.251 e. The number of aryl methyl sites for hydroxylation is 2. The summed E-state index contributed by atoms with van der Waals surface area (Å²) < 4.78 is 11.3. The van der Waals surface area contributed by atoms with Gasteiger partial charge in [0.2, 0.25) is 0 Å². The third-order valence-electron chi connectivity index (χ3n) is 4.78. The molecule has 1 N–H and O–H groups in total. The lowest BCUT2D eigenvalue weighted by molar-refractivity contribution is 0.0939.